The van der Waals surface area contributed by atoms with Gasteiger partial charge in [-0.1, -0.05) is 30.9 Å². The van der Waals surface area contributed by atoms with Gasteiger partial charge in [-0.25, -0.2) is 8.78 Å². The Hall–Kier alpha value is -3.21. The van der Waals surface area contributed by atoms with Crippen LogP contribution in [0, 0.1) is 17.6 Å². The number of halogens is 6. The minimum atomic E-state index is -3.32. The molecule has 11 heteroatoms. The summed E-state index contributed by atoms with van der Waals surface area (Å²) in [6, 6.07) is 6.46. The molecule has 2 aromatic rings. The third kappa shape index (κ3) is 8.89. The van der Waals surface area contributed by atoms with Gasteiger partial charge in [-0.3, -0.25) is 9.69 Å². The molecule has 1 aliphatic carbocycles. The van der Waals surface area contributed by atoms with E-state index in [9.17, 15) is 31.1 Å². The lowest BCUT2D eigenvalue weighted by Crippen LogP contribution is -2.45. The lowest BCUT2D eigenvalue weighted by atomic mass is 9.89. The largest absolute Gasteiger partial charge is 0.431 e. The van der Waals surface area contributed by atoms with Crippen LogP contribution in [0.4, 0.5) is 26.3 Å². The number of ether oxygens (including phenoxy) is 2. The van der Waals surface area contributed by atoms with Crippen LogP contribution in [0.15, 0.2) is 42.0 Å². The van der Waals surface area contributed by atoms with Crippen molar-refractivity contribution in [1.29, 1.82) is 0 Å². The third-order valence-electron chi connectivity index (χ3n) is 7.86. The molecule has 42 heavy (non-hydrogen) atoms. The second-order valence-corrected chi connectivity index (χ2v) is 11.1. The topological polar surface area (TPSA) is 42.0 Å². The van der Waals surface area contributed by atoms with Crippen LogP contribution in [-0.2, 0) is 0 Å². The van der Waals surface area contributed by atoms with Crippen molar-refractivity contribution in [1.82, 2.24) is 9.80 Å². The molecule has 2 aliphatic rings. The van der Waals surface area contributed by atoms with E-state index in [0.29, 0.717) is 18.0 Å². The third-order valence-corrected chi connectivity index (χ3v) is 7.86. The quantitative estimate of drug-likeness (QED) is 0.234. The highest BCUT2D eigenvalue weighted by Gasteiger charge is 2.31. The standard InChI is InChI=1S/C31H36F6N2O3/c1-20(14-22-9-11-24(32)16-26(22)33)17-39(19-25-8-5-13-38(25)18-21-6-3-2-4-7-21)29(40)23-10-12-27(41-30(34)35)28(15-23)42-31(36)37/h9-12,14-16,21,25,30-31H,2-8,13,17-19H2,1H3. The highest BCUT2D eigenvalue weighted by Crippen LogP contribution is 2.33. The molecule has 0 aromatic heterocycles. The summed E-state index contributed by atoms with van der Waals surface area (Å²) in [5, 5.41) is 0. The van der Waals surface area contributed by atoms with Crippen molar-refractivity contribution in [3.05, 3.63) is 64.7 Å². The number of amides is 1. The van der Waals surface area contributed by atoms with Crippen molar-refractivity contribution < 1.29 is 40.6 Å². The number of likely N-dealkylation sites (tertiary alicyclic amines) is 1. The zero-order chi connectivity index (χ0) is 30.2. The van der Waals surface area contributed by atoms with E-state index in [-0.39, 0.29) is 23.7 Å². The lowest BCUT2D eigenvalue weighted by molar-refractivity contribution is -0.0692. The van der Waals surface area contributed by atoms with E-state index in [4.69, 9.17) is 0 Å². The second kappa shape index (κ2) is 14.8. The molecular weight excluding hydrogens is 562 g/mol. The van der Waals surface area contributed by atoms with Crippen LogP contribution < -0.4 is 9.47 Å². The first-order valence-electron chi connectivity index (χ1n) is 14.3. The van der Waals surface area contributed by atoms with Crippen molar-refractivity contribution >= 4 is 12.0 Å². The summed E-state index contributed by atoms with van der Waals surface area (Å²) in [6.07, 6.45) is 9.40. The molecule has 1 heterocycles. The lowest BCUT2D eigenvalue weighted by Gasteiger charge is -2.34. The van der Waals surface area contributed by atoms with E-state index < -0.39 is 42.3 Å². The monoisotopic (exact) mass is 598 g/mol. The van der Waals surface area contributed by atoms with Gasteiger partial charge >= 0.3 is 13.2 Å². The van der Waals surface area contributed by atoms with Gasteiger partial charge in [0, 0.05) is 42.9 Å². The molecule has 1 amide bonds. The van der Waals surface area contributed by atoms with Crippen molar-refractivity contribution in [2.75, 3.05) is 26.2 Å². The summed E-state index contributed by atoms with van der Waals surface area (Å²) in [5.74, 6) is -2.69. The first kappa shape index (κ1) is 31.7. The number of benzene rings is 2. The van der Waals surface area contributed by atoms with Crippen LogP contribution in [0.25, 0.3) is 6.08 Å². The van der Waals surface area contributed by atoms with Gasteiger partial charge in [0.25, 0.3) is 5.91 Å². The molecule has 2 aromatic carbocycles. The smallest absolute Gasteiger partial charge is 0.387 e. The van der Waals surface area contributed by atoms with E-state index in [1.807, 2.05) is 0 Å². The van der Waals surface area contributed by atoms with E-state index >= 15 is 0 Å². The number of alkyl halides is 4. The summed E-state index contributed by atoms with van der Waals surface area (Å²) in [7, 11) is 0. The van der Waals surface area contributed by atoms with Gasteiger partial charge in [-0.05, 0) is 75.4 Å². The van der Waals surface area contributed by atoms with E-state index in [1.165, 1.54) is 50.3 Å². The highest BCUT2D eigenvalue weighted by molar-refractivity contribution is 5.95. The summed E-state index contributed by atoms with van der Waals surface area (Å²) in [6.45, 7) is -2.65. The number of nitrogens with zero attached hydrogens (tertiary/aromatic N) is 2. The Bertz CT molecular complexity index is 1240. The van der Waals surface area contributed by atoms with E-state index in [1.54, 1.807) is 11.8 Å². The van der Waals surface area contributed by atoms with E-state index in [2.05, 4.69) is 14.4 Å². The Labute approximate surface area is 242 Å². The average Bonchev–Trinajstić information content (AvgIpc) is 3.36. The summed E-state index contributed by atoms with van der Waals surface area (Å²) >= 11 is 0. The molecule has 5 nitrogen and oxygen atoms in total. The number of carbonyl (C=O) groups excluding carboxylic acids is 1. The maximum atomic E-state index is 14.3. The van der Waals surface area contributed by atoms with Crippen LogP contribution in [0.2, 0.25) is 0 Å². The van der Waals surface area contributed by atoms with Gasteiger partial charge in [-0.15, -0.1) is 0 Å². The Morgan fingerprint density at radius 1 is 0.952 bits per heavy atom. The van der Waals surface area contributed by atoms with Crippen molar-refractivity contribution in [2.45, 2.75) is 71.1 Å². The van der Waals surface area contributed by atoms with Crippen molar-refractivity contribution in [3.8, 4) is 11.5 Å². The average molecular weight is 599 g/mol. The molecule has 1 unspecified atom stereocenters. The van der Waals surface area contributed by atoms with Crippen LogP contribution in [0.1, 0.15) is 67.8 Å². The summed E-state index contributed by atoms with van der Waals surface area (Å²) in [5.41, 5.74) is 0.708. The molecule has 1 atom stereocenters. The van der Waals surface area contributed by atoms with Crippen LogP contribution in [0.5, 0.6) is 11.5 Å². The normalized spacial score (nSPS) is 18.6. The fourth-order valence-corrected chi connectivity index (χ4v) is 5.95. The zero-order valence-electron chi connectivity index (χ0n) is 23.5. The summed E-state index contributed by atoms with van der Waals surface area (Å²) in [4.78, 5) is 17.8. The summed E-state index contributed by atoms with van der Waals surface area (Å²) < 4.78 is 88.2. The molecule has 1 saturated heterocycles. The molecule has 0 N–H and O–H groups in total. The number of hydrogen-bond acceptors (Lipinski definition) is 4. The SMILES string of the molecule is CC(=Cc1ccc(F)cc1F)CN(CC1CCCN1CC1CCCCC1)C(=O)c1ccc(OC(F)F)c(OC(F)F)c1. The first-order chi connectivity index (χ1) is 20.1. The second-order valence-electron chi connectivity index (χ2n) is 11.1. The minimum absolute atomic E-state index is 0.0511. The van der Waals surface area contributed by atoms with Crippen LogP contribution in [-0.4, -0.2) is 61.2 Å². The van der Waals surface area contributed by atoms with Crippen LogP contribution in [0.3, 0.4) is 0 Å². The molecule has 0 radical (unpaired) electrons. The number of hydrogen-bond donors (Lipinski definition) is 0. The van der Waals surface area contributed by atoms with Gasteiger partial charge in [0.1, 0.15) is 11.6 Å². The molecule has 0 bridgehead atoms. The van der Waals surface area contributed by atoms with Crippen molar-refractivity contribution in [2.24, 2.45) is 5.92 Å². The Balaban J connectivity index is 1.60. The predicted molar refractivity (Wildman–Crippen MR) is 147 cm³/mol. The van der Waals surface area contributed by atoms with Gasteiger partial charge in [-0.2, -0.15) is 17.6 Å². The molecule has 0 spiro atoms. The molecule has 230 valence electrons. The van der Waals surface area contributed by atoms with Crippen LogP contribution >= 0.6 is 0 Å². The fraction of sp³-hybridized carbons (Fsp3) is 0.516. The zero-order valence-corrected chi connectivity index (χ0v) is 23.5. The Kier molecular flexibility index (Phi) is 11.2. The highest BCUT2D eigenvalue weighted by atomic mass is 19.3. The first-order valence-corrected chi connectivity index (χ1v) is 14.3. The molecule has 1 saturated carbocycles. The fourth-order valence-electron chi connectivity index (χ4n) is 5.95. The minimum Gasteiger partial charge on any atom is -0.431 e. The number of rotatable bonds is 12. The van der Waals surface area contributed by atoms with Gasteiger partial charge in [0.15, 0.2) is 11.5 Å². The molecule has 4 rings (SSSR count). The maximum absolute atomic E-state index is 14.3. The Morgan fingerprint density at radius 3 is 2.36 bits per heavy atom. The van der Waals surface area contributed by atoms with Gasteiger partial charge < -0.3 is 14.4 Å². The number of carbonyl (C=O) groups is 1. The van der Waals surface area contributed by atoms with E-state index in [0.717, 1.165) is 50.2 Å². The Morgan fingerprint density at radius 2 is 1.67 bits per heavy atom. The maximum Gasteiger partial charge on any atom is 0.387 e. The molecule has 2 fully saturated rings. The molecular formula is C31H36F6N2O3. The van der Waals surface area contributed by atoms with Gasteiger partial charge in [0.2, 0.25) is 0 Å². The van der Waals surface area contributed by atoms with Crippen molar-refractivity contribution in [3.63, 3.8) is 0 Å². The van der Waals surface area contributed by atoms with Gasteiger partial charge in [0.05, 0.1) is 0 Å². The molecule has 1 aliphatic heterocycles. The predicted octanol–water partition coefficient (Wildman–Crippen LogP) is 7.76.